The Kier molecular flexibility index (Phi) is 5.29. The van der Waals surface area contributed by atoms with Crippen molar-refractivity contribution >= 4 is 29.3 Å². The highest BCUT2D eigenvalue weighted by atomic mass is 16.2. The van der Waals surface area contributed by atoms with Crippen LogP contribution in [0, 0.1) is 0 Å². The summed E-state index contributed by atoms with van der Waals surface area (Å²) in [6, 6.07) is 0.536. The molecule has 3 aliphatic heterocycles. The number of carbonyl (C=O) groups excluding carboxylic acids is 2. The van der Waals surface area contributed by atoms with Gasteiger partial charge < -0.3 is 31.1 Å². The second-order valence-electron chi connectivity index (χ2n) is 8.58. The van der Waals surface area contributed by atoms with E-state index in [9.17, 15) is 9.59 Å². The van der Waals surface area contributed by atoms with E-state index in [-0.39, 0.29) is 17.8 Å². The predicted molar refractivity (Wildman–Crippen MR) is 118 cm³/mol. The molecule has 32 heavy (non-hydrogen) atoms. The Bertz CT molecular complexity index is 1020. The fourth-order valence-electron chi connectivity index (χ4n) is 4.42. The van der Waals surface area contributed by atoms with Crippen molar-refractivity contribution in [2.45, 2.75) is 24.9 Å². The zero-order chi connectivity index (χ0) is 22.2. The zero-order valence-corrected chi connectivity index (χ0v) is 18.1. The summed E-state index contributed by atoms with van der Waals surface area (Å²) in [6.45, 7) is 4.75. The van der Waals surface area contributed by atoms with Crippen molar-refractivity contribution in [3.05, 3.63) is 24.3 Å². The van der Waals surface area contributed by atoms with Gasteiger partial charge in [-0.15, -0.1) is 0 Å². The molecule has 12 nitrogen and oxygen atoms in total. The summed E-state index contributed by atoms with van der Waals surface area (Å²) >= 11 is 0. The molecule has 0 aliphatic carbocycles. The largest absolute Gasteiger partial charge is 0.364 e. The van der Waals surface area contributed by atoms with E-state index >= 15 is 0 Å². The summed E-state index contributed by atoms with van der Waals surface area (Å²) < 4.78 is 1.89. The summed E-state index contributed by atoms with van der Waals surface area (Å²) in [7, 11) is 1.83. The molecule has 3 amide bonds. The minimum Gasteiger partial charge on any atom is -0.364 e. The van der Waals surface area contributed by atoms with Gasteiger partial charge in [-0.1, -0.05) is 0 Å². The van der Waals surface area contributed by atoms with Crippen LogP contribution in [-0.4, -0.2) is 93.8 Å². The number of primary amides is 1. The van der Waals surface area contributed by atoms with E-state index in [0.29, 0.717) is 29.9 Å². The number of anilines is 3. The third-order valence-electron chi connectivity index (χ3n) is 6.40. The molecule has 5 heterocycles. The number of amides is 3. The molecule has 0 unspecified atom stereocenters. The van der Waals surface area contributed by atoms with E-state index in [1.165, 1.54) is 0 Å². The first kappa shape index (κ1) is 20.5. The molecule has 0 bridgehead atoms. The Morgan fingerprint density at radius 3 is 2.75 bits per heavy atom. The molecule has 2 aromatic rings. The average Bonchev–Trinajstić information content (AvgIpc) is 3.33. The monoisotopic (exact) mass is 440 g/mol. The lowest BCUT2D eigenvalue weighted by Gasteiger charge is -2.37. The highest BCUT2D eigenvalue weighted by molar-refractivity contribution is 5.96. The Hall–Kier alpha value is -3.41. The Balaban J connectivity index is 1.35. The number of aromatic nitrogens is 4. The van der Waals surface area contributed by atoms with E-state index < -0.39 is 5.91 Å². The second-order valence-corrected chi connectivity index (χ2v) is 8.58. The minimum absolute atomic E-state index is 0.0769. The topological polar surface area (TPSA) is 138 Å². The molecule has 3 aliphatic rings. The van der Waals surface area contributed by atoms with E-state index in [2.05, 4.69) is 30.6 Å². The lowest BCUT2D eigenvalue weighted by atomic mass is 10.0. The van der Waals surface area contributed by atoms with Gasteiger partial charge in [0.15, 0.2) is 11.5 Å². The van der Waals surface area contributed by atoms with Gasteiger partial charge in [0.25, 0.3) is 5.91 Å². The normalized spacial score (nSPS) is 21.7. The molecule has 5 rings (SSSR count). The van der Waals surface area contributed by atoms with Crippen LogP contribution in [0.5, 0.6) is 0 Å². The van der Waals surface area contributed by atoms with E-state index in [1.54, 1.807) is 17.3 Å². The van der Waals surface area contributed by atoms with Crippen LogP contribution >= 0.6 is 0 Å². The summed E-state index contributed by atoms with van der Waals surface area (Å²) in [5.74, 6) is 0.308. The van der Waals surface area contributed by atoms with Crippen LogP contribution in [0.2, 0.25) is 0 Å². The number of hydrogen-bond acceptors (Lipinski definition) is 8. The fraction of sp³-hybridized carbons (Fsp3) is 0.550. The van der Waals surface area contributed by atoms with Crippen LogP contribution in [0.3, 0.4) is 0 Å². The van der Waals surface area contributed by atoms with Crippen LogP contribution in [-0.2, 0) is 0 Å². The quantitative estimate of drug-likeness (QED) is 0.571. The van der Waals surface area contributed by atoms with Gasteiger partial charge in [0, 0.05) is 52.5 Å². The van der Waals surface area contributed by atoms with Crippen molar-refractivity contribution in [1.82, 2.24) is 34.9 Å². The molecule has 3 saturated heterocycles. The number of likely N-dealkylation sites (N-methyl/N-ethyl adjacent to an activating group) is 1. The molecule has 170 valence electrons. The lowest BCUT2D eigenvalue weighted by Crippen LogP contribution is -2.49. The molecule has 12 heteroatoms. The first-order chi connectivity index (χ1) is 15.5. The van der Waals surface area contributed by atoms with Crippen molar-refractivity contribution in [2.75, 3.05) is 56.5 Å². The number of urea groups is 1. The number of piperidine rings is 1. The SMILES string of the molecule is CN1CCN([C@@H]2CCCN(c3cnc(C(N)=O)c(Nc4cnn(C5CNC5)c4)n3)C2)C1=O. The molecule has 0 radical (unpaired) electrons. The molecule has 3 fully saturated rings. The maximum atomic E-state index is 12.4. The van der Waals surface area contributed by atoms with Crippen LogP contribution < -0.4 is 21.3 Å². The average molecular weight is 441 g/mol. The Morgan fingerprint density at radius 1 is 1.22 bits per heavy atom. The van der Waals surface area contributed by atoms with Gasteiger partial charge in [-0.2, -0.15) is 5.10 Å². The van der Waals surface area contributed by atoms with Crippen LogP contribution in [0.4, 0.5) is 22.1 Å². The van der Waals surface area contributed by atoms with Gasteiger partial charge in [-0.3, -0.25) is 9.48 Å². The maximum Gasteiger partial charge on any atom is 0.320 e. The fourth-order valence-corrected chi connectivity index (χ4v) is 4.42. The summed E-state index contributed by atoms with van der Waals surface area (Å²) in [4.78, 5) is 39.2. The maximum absolute atomic E-state index is 12.4. The number of hydrogen-bond donors (Lipinski definition) is 3. The van der Waals surface area contributed by atoms with Gasteiger partial charge in [0.2, 0.25) is 0 Å². The molecule has 0 aromatic carbocycles. The Morgan fingerprint density at radius 2 is 2.06 bits per heavy atom. The van der Waals surface area contributed by atoms with E-state index in [4.69, 9.17) is 5.73 Å². The van der Waals surface area contributed by atoms with Crippen LogP contribution in [0.15, 0.2) is 18.6 Å². The predicted octanol–water partition coefficient (Wildman–Crippen LogP) is -0.00390. The van der Waals surface area contributed by atoms with Crippen molar-refractivity contribution in [2.24, 2.45) is 5.73 Å². The van der Waals surface area contributed by atoms with Gasteiger partial charge in [-0.25, -0.2) is 14.8 Å². The number of rotatable bonds is 6. The number of carbonyl (C=O) groups is 2. The second kappa shape index (κ2) is 8.26. The van der Waals surface area contributed by atoms with Gasteiger partial charge in [0.05, 0.1) is 30.2 Å². The summed E-state index contributed by atoms with van der Waals surface area (Å²) in [5, 5.41) is 10.8. The van der Waals surface area contributed by atoms with Crippen LogP contribution in [0.25, 0.3) is 0 Å². The highest BCUT2D eigenvalue weighted by Crippen LogP contribution is 2.26. The summed E-state index contributed by atoms with van der Waals surface area (Å²) in [5.41, 5.74) is 6.34. The first-order valence-electron chi connectivity index (χ1n) is 10.9. The number of nitrogens with two attached hydrogens (primary N) is 1. The van der Waals surface area contributed by atoms with E-state index in [0.717, 1.165) is 45.6 Å². The minimum atomic E-state index is -0.649. The van der Waals surface area contributed by atoms with Gasteiger partial charge in [0.1, 0.15) is 5.82 Å². The highest BCUT2D eigenvalue weighted by Gasteiger charge is 2.34. The van der Waals surface area contributed by atoms with Gasteiger partial charge >= 0.3 is 6.03 Å². The molecule has 4 N–H and O–H groups in total. The molecular formula is C20H28N10O2. The standard InChI is InChI=1S/C20H28N10O2/c1-27-5-6-29(20(27)32)14-3-2-4-28(12-14)16-10-23-17(18(21)31)19(26-16)25-13-7-24-30(11-13)15-8-22-9-15/h7,10-11,14-15,22H,2-6,8-9,12H2,1H3,(H2,21,31)(H,25,26)/t14-/m1/s1. The lowest BCUT2D eigenvalue weighted by molar-refractivity contribution is 0.0996. The van der Waals surface area contributed by atoms with E-state index in [1.807, 2.05) is 22.8 Å². The molecule has 1 atom stereocenters. The third-order valence-corrected chi connectivity index (χ3v) is 6.40. The zero-order valence-electron chi connectivity index (χ0n) is 18.1. The van der Waals surface area contributed by atoms with Gasteiger partial charge in [-0.05, 0) is 12.8 Å². The third kappa shape index (κ3) is 3.81. The Labute approximate surface area is 185 Å². The van der Waals surface area contributed by atoms with Crippen molar-refractivity contribution in [3.63, 3.8) is 0 Å². The van der Waals surface area contributed by atoms with Crippen molar-refractivity contribution < 1.29 is 9.59 Å². The van der Waals surface area contributed by atoms with Crippen molar-refractivity contribution in [1.29, 1.82) is 0 Å². The molecule has 0 spiro atoms. The smallest absolute Gasteiger partial charge is 0.320 e. The molecule has 0 saturated carbocycles. The summed E-state index contributed by atoms with van der Waals surface area (Å²) in [6.07, 6.45) is 7.07. The van der Waals surface area contributed by atoms with Crippen molar-refractivity contribution in [3.8, 4) is 0 Å². The first-order valence-corrected chi connectivity index (χ1v) is 10.9. The molecule has 2 aromatic heterocycles. The number of nitrogens with zero attached hydrogens (tertiary/aromatic N) is 7. The number of nitrogens with one attached hydrogen (secondary N) is 2. The van der Waals surface area contributed by atoms with Crippen LogP contribution in [0.1, 0.15) is 29.4 Å². The molecular weight excluding hydrogens is 412 g/mol.